The van der Waals surface area contributed by atoms with Gasteiger partial charge < -0.3 is 9.84 Å². The fourth-order valence-electron chi connectivity index (χ4n) is 0.651. The minimum Gasteiger partial charge on any atom is -0.394 e. The zero-order valence-electron chi connectivity index (χ0n) is 7.29. The van der Waals surface area contributed by atoms with Crippen LogP contribution in [0.2, 0.25) is 0 Å². The number of nitrogens with zero attached hydrogens (tertiary/aromatic N) is 1. The SMILES string of the molecule is CC(C)(C)C(C#N)OCCO. The number of hydrogen-bond donors (Lipinski definition) is 1. The summed E-state index contributed by atoms with van der Waals surface area (Å²) in [5.74, 6) is 0. The number of nitriles is 1. The molecule has 64 valence electrons. The molecule has 0 saturated heterocycles. The van der Waals surface area contributed by atoms with Crippen molar-refractivity contribution >= 4 is 0 Å². The monoisotopic (exact) mass is 157 g/mol. The standard InChI is InChI=1S/C8H15NO2/c1-8(2,3)7(6-9)11-5-4-10/h7,10H,4-5H2,1-3H3. The van der Waals surface area contributed by atoms with E-state index in [9.17, 15) is 0 Å². The van der Waals surface area contributed by atoms with Gasteiger partial charge in [-0.1, -0.05) is 20.8 Å². The third-order valence-corrected chi connectivity index (χ3v) is 1.28. The van der Waals surface area contributed by atoms with Crippen molar-refractivity contribution in [3.05, 3.63) is 0 Å². The van der Waals surface area contributed by atoms with Crippen LogP contribution in [0.5, 0.6) is 0 Å². The average Bonchev–Trinajstić information content (AvgIpc) is 1.87. The van der Waals surface area contributed by atoms with Gasteiger partial charge in [-0.05, 0) is 0 Å². The normalized spacial score (nSPS) is 14.1. The molecule has 0 aromatic heterocycles. The fourth-order valence-corrected chi connectivity index (χ4v) is 0.651. The van der Waals surface area contributed by atoms with Crippen LogP contribution in [0, 0.1) is 16.7 Å². The van der Waals surface area contributed by atoms with Crippen LogP contribution in [0.15, 0.2) is 0 Å². The van der Waals surface area contributed by atoms with E-state index in [-0.39, 0.29) is 18.6 Å². The third-order valence-electron chi connectivity index (χ3n) is 1.28. The van der Waals surface area contributed by atoms with Gasteiger partial charge in [0.1, 0.15) is 6.10 Å². The van der Waals surface area contributed by atoms with Gasteiger partial charge in [-0.15, -0.1) is 0 Å². The lowest BCUT2D eigenvalue weighted by atomic mass is 9.90. The number of rotatable bonds is 3. The lowest BCUT2D eigenvalue weighted by Crippen LogP contribution is -2.28. The Morgan fingerprint density at radius 1 is 1.55 bits per heavy atom. The molecule has 0 aromatic carbocycles. The maximum absolute atomic E-state index is 8.63. The lowest BCUT2D eigenvalue weighted by Gasteiger charge is -2.24. The summed E-state index contributed by atoms with van der Waals surface area (Å²) in [6, 6.07) is 2.04. The maximum atomic E-state index is 8.63. The molecule has 3 heteroatoms. The minimum atomic E-state index is -0.436. The van der Waals surface area contributed by atoms with Crippen molar-refractivity contribution in [1.29, 1.82) is 5.26 Å². The van der Waals surface area contributed by atoms with Crippen LogP contribution in [-0.4, -0.2) is 24.4 Å². The molecule has 0 rings (SSSR count). The molecule has 11 heavy (non-hydrogen) atoms. The molecule has 1 atom stereocenters. The Hall–Kier alpha value is -0.590. The van der Waals surface area contributed by atoms with E-state index >= 15 is 0 Å². The largest absolute Gasteiger partial charge is 0.394 e. The van der Waals surface area contributed by atoms with Crippen molar-refractivity contribution in [2.45, 2.75) is 26.9 Å². The molecule has 3 nitrogen and oxygen atoms in total. The zero-order chi connectivity index (χ0) is 8.91. The minimum absolute atomic E-state index is 0.0335. The summed E-state index contributed by atoms with van der Waals surface area (Å²) >= 11 is 0. The number of aliphatic hydroxyl groups is 1. The first-order valence-electron chi connectivity index (χ1n) is 3.64. The zero-order valence-corrected chi connectivity index (χ0v) is 7.29. The molecule has 1 unspecified atom stereocenters. The Morgan fingerprint density at radius 2 is 2.09 bits per heavy atom. The van der Waals surface area contributed by atoms with Gasteiger partial charge in [-0.2, -0.15) is 5.26 Å². The van der Waals surface area contributed by atoms with Crippen molar-refractivity contribution in [3.8, 4) is 6.07 Å². The van der Waals surface area contributed by atoms with Crippen LogP contribution >= 0.6 is 0 Å². The predicted octanol–water partition coefficient (Wildman–Crippen LogP) is 0.934. The summed E-state index contributed by atoms with van der Waals surface area (Å²) in [4.78, 5) is 0. The highest BCUT2D eigenvalue weighted by molar-refractivity contribution is 4.92. The van der Waals surface area contributed by atoms with Crippen LogP contribution in [0.4, 0.5) is 0 Å². The molecule has 0 radical (unpaired) electrons. The third kappa shape index (κ3) is 3.97. The van der Waals surface area contributed by atoms with Crippen LogP contribution in [0.3, 0.4) is 0 Å². The Bertz CT molecular complexity index is 143. The van der Waals surface area contributed by atoms with Crippen LogP contribution in [0.25, 0.3) is 0 Å². The molecular weight excluding hydrogens is 142 g/mol. The quantitative estimate of drug-likeness (QED) is 0.663. The lowest BCUT2D eigenvalue weighted by molar-refractivity contribution is 0.00247. The molecule has 0 fully saturated rings. The van der Waals surface area contributed by atoms with Gasteiger partial charge in [-0.25, -0.2) is 0 Å². The van der Waals surface area contributed by atoms with Gasteiger partial charge in [0.15, 0.2) is 0 Å². The summed E-state index contributed by atoms with van der Waals surface area (Å²) in [6.45, 7) is 5.98. The van der Waals surface area contributed by atoms with E-state index in [4.69, 9.17) is 15.1 Å². The number of ether oxygens (including phenoxy) is 1. The van der Waals surface area contributed by atoms with Gasteiger partial charge in [0.2, 0.25) is 0 Å². The first kappa shape index (κ1) is 10.4. The molecule has 0 spiro atoms. The van der Waals surface area contributed by atoms with Crippen LogP contribution < -0.4 is 0 Å². The Balaban J connectivity index is 3.89. The second-order valence-electron chi connectivity index (χ2n) is 3.47. The maximum Gasteiger partial charge on any atom is 0.148 e. The van der Waals surface area contributed by atoms with Crippen molar-refractivity contribution < 1.29 is 9.84 Å². The van der Waals surface area contributed by atoms with E-state index in [1.165, 1.54) is 0 Å². The predicted molar refractivity (Wildman–Crippen MR) is 41.9 cm³/mol. The summed E-state index contributed by atoms with van der Waals surface area (Å²) in [7, 11) is 0. The summed E-state index contributed by atoms with van der Waals surface area (Å²) < 4.78 is 5.09. The van der Waals surface area contributed by atoms with Crippen molar-refractivity contribution in [1.82, 2.24) is 0 Å². The van der Waals surface area contributed by atoms with E-state index in [1.54, 1.807) is 0 Å². The van der Waals surface area contributed by atoms with Crippen LogP contribution in [0.1, 0.15) is 20.8 Å². The van der Waals surface area contributed by atoms with Gasteiger partial charge in [-0.3, -0.25) is 0 Å². The summed E-state index contributed by atoms with van der Waals surface area (Å²) in [6.07, 6.45) is -0.436. The van der Waals surface area contributed by atoms with Crippen molar-refractivity contribution in [3.63, 3.8) is 0 Å². The van der Waals surface area contributed by atoms with Crippen LogP contribution in [-0.2, 0) is 4.74 Å². The highest BCUT2D eigenvalue weighted by Gasteiger charge is 2.24. The Labute approximate surface area is 67.6 Å². The molecule has 1 N–H and O–H groups in total. The summed E-state index contributed by atoms with van der Waals surface area (Å²) in [5, 5.41) is 17.1. The second-order valence-corrected chi connectivity index (χ2v) is 3.47. The molecule has 0 aliphatic heterocycles. The Morgan fingerprint density at radius 3 is 2.36 bits per heavy atom. The molecule has 0 saturated carbocycles. The van der Waals surface area contributed by atoms with Gasteiger partial charge in [0, 0.05) is 5.41 Å². The second kappa shape index (κ2) is 4.32. The first-order valence-corrected chi connectivity index (χ1v) is 3.64. The van der Waals surface area contributed by atoms with Crippen molar-refractivity contribution in [2.24, 2.45) is 5.41 Å². The molecule has 0 aliphatic rings. The van der Waals surface area contributed by atoms with E-state index in [1.807, 2.05) is 26.8 Å². The van der Waals surface area contributed by atoms with E-state index in [0.717, 1.165) is 0 Å². The van der Waals surface area contributed by atoms with Gasteiger partial charge in [0.25, 0.3) is 0 Å². The summed E-state index contributed by atoms with van der Waals surface area (Å²) in [5.41, 5.74) is -0.177. The van der Waals surface area contributed by atoms with E-state index in [2.05, 4.69) is 0 Å². The molecule has 0 amide bonds. The van der Waals surface area contributed by atoms with E-state index < -0.39 is 6.10 Å². The average molecular weight is 157 g/mol. The van der Waals surface area contributed by atoms with Gasteiger partial charge in [0.05, 0.1) is 19.3 Å². The molecule has 0 heterocycles. The number of aliphatic hydroxyl groups excluding tert-OH is 1. The highest BCUT2D eigenvalue weighted by atomic mass is 16.5. The molecule has 0 aromatic rings. The molecule has 0 aliphatic carbocycles. The molecular formula is C8H15NO2. The topological polar surface area (TPSA) is 53.2 Å². The van der Waals surface area contributed by atoms with E-state index in [0.29, 0.717) is 0 Å². The Kier molecular flexibility index (Phi) is 4.09. The van der Waals surface area contributed by atoms with Gasteiger partial charge >= 0.3 is 0 Å². The highest BCUT2D eigenvalue weighted by Crippen LogP contribution is 2.21. The fraction of sp³-hybridized carbons (Fsp3) is 0.875. The molecule has 0 bridgehead atoms. The number of hydrogen-bond acceptors (Lipinski definition) is 3. The first-order chi connectivity index (χ1) is 5.02. The smallest absolute Gasteiger partial charge is 0.148 e. The van der Waals surface area contributed by atoms with Crippen molar-refractivity contribution in [2.75, 3.05) is 13.2 Å².